The van der Waals surface area contributed by atoms with E-state index < -0.39 is 8.07 Å². The number of rotatable bonds is 4. The third-order valence-corrected chi connectivity index (χ3v) is 7.41. The van der Waals surface area contributed by atoms with Gasteiger partial charge in [-0.15, -0.1) is 0 Å². The molecule has 1 heterocycles. The summed E-state index contributed by atoms with van der Waals surface area (Å²) in [5.74, 6) is 0.590. The number of nitrogens with zero attached hydrogens (tertiary/aromatic N) is 1. The third kappa shape index (κ3) is 3.61. The summed E-state index contributed by atoms with van der Waals surface area (Å²) in [6.45, 7) is 16.1. The Kier molecular flexibility index (Phi) is 5.07. The molecule has 3 aromatic rings. The lowest BCUT2D eigenvalue weighted by Crippen LogP contribution is -2.38. The molecule has 2 heteroatoms. The Bertz CT molecular complexity index is 930. The topological polar surface area (TPSA) is 12.9 Å². The van der Waals surface area contributed by atoms with E-state index in [1.807, 2.05) is 0 Å². The summed E-state index contributed by atoms with van der Waals surface area (Å²) in [6.07, 6.45) is 3.32. The van der Waals surface area contributed by atoms with Crippen molar-refractivity contribution < 1.29 is 0 Å². The molecule has 1 unspecified atom stereocenters. The zero-order chi connectivity index (χ0) is 19.1. The van der Waals surface area contributed by atoms with Gasteiger partial charge in [-0.3, -0.25) is 4.98 Å². The molecule has 0 amide bonds. The molecule has 0 spiro atoms. The largest absolute Gasteiger partial charge is 0.256 e. The van der Waals surface area contributed by atoms with E-state index in [-0.39, 0.29) is 0 Å². The number of aryl methyl sites for hydroxylation is 2. The smallest absolute Gasteiger partial charge is 0.0804 e. The van der Waals surface area contributed by atoms with Crippen molar-refractivity contribution >= 4 is 24.0 Å². The number of hydrogen-bond donors (Lipinski definition) is 0. The van der Waals surface area contributed by atoms with Crippen LogP contribution in [0.2, 0.25) is 19.6 Å². The van der Waals surface area contributed by atoms with Crippen LogP contribution in [0.3, 0.4) is 0 Å². The number of aromatic nitrogens is 1. The summed E-state index contributed by atoms with van der Waals surface area (Å²) in [5.41, 5.74) is 6.37. The van der Waals surface area contributed by atoms with Crippen molar-refractivity contribution in [3.63, 3.8) is 0 Å². The van der Waals surface area contributed by atoms with Gasteiger partial charge in [0.05, 0.1) is 13.8 Å². The molecule has 0 aliphatic heterocycles. The van der Waals surface area contributed by atoms with E-state index in [0.717, 1.165) is 5.69 Å². The summed E-state index contributed by atoms with van der Waals surface area (Å²) in [7, 11) is -1.47. The van der Waals surface area contributed by atoms with E-state index in [4.69, 9.17) is 4.98 Å². The zero-order valence-corrected chi connectivity index (χ0v) is 18.3. The first-order chi connectivity index (χ1) is 12.2. The highest BCUT2D eigenvalue weighted by Gasteiger charge is 2.22. The molecule has 0 aliphatic carbocycles. The maximum atomic E-state index is 4.96. The van der Waals surface area contributed by atoms with Gasteiger partial charge in [0.15, 0.2) is 0 Å². The lowest BCUT2D eigenvalue weighted by Gasteiger charge is -2.22. The molecule has 1 nitrogen and oxygen atoms in total. The monoisotopic (exact) mass is 361 g/mol. The highest BCUT2D eigenvalue weighted by molar-refractivity contribution is 6.90. The fraction of sp³-hybridized carbons (Fsp3) is 0.375. The summed E-state index contributed by atoms with van der Waals surface area (Å²) in [4.78, 5) is 4.96. The van der Waals surface area contributed by atoms with Gasteiger partial charge in [0.25, 0.3) is 0 Å². The standard InChI is InChI=1S/C24H31NSi/c1-8-18(4)19-9-10-21-22(14-19)23(26(5,6)7)15-25-24(21)20-12-16(2)11-17(3)13-20/h9-15,18H,8H2,1-7H3. The first-order valence-electron chi connectivity index (χ1n) is 9.72. The van der Waals surface area contributed by atoms with Crippen LogP contribution in [0.4, 0.5) is 0 Å². The van der Waals surface area contributed by atoms with Gasteiger partial charge in [-0.2, -0.15) is 0 Å². The van der Waals surface area contributed by atoms with Crippen molar-refractivity contribution in [2.24, 2.45) is 0 Å². The molecule has 3 rings (SSSR count). The van der Waals surface area contributed by atoms with Crippen LogP contribution in [0.25, 0.3) is 22.0 Å². The Morgan fingerprint density at radius 2 is 1.58 bits per heavy atom. The molecule has 0 bridgehead atoms. The van der Waals surface area contributed by atoms with Crippen molar-refractivity contribution in [3.8, 4) is 11.3 Å². The van der Waals surface area contributed by atoms with Crippen LogP contribution >= 0.6 is 0 Å². The second kappa shape index (κ2) is 7.00. The maximum absolute atomic E-state index is 4.96. The molecule has 0 radical (unpaired) electrons. The van der Waals surface area contributed by atoms with E-state index in [9.17, 15) is 0 Å². The normalized spacial score (nSPS) is 13.2. The Hall–Kier alpha value is -1.93. The Labute approximate surface area is 159 Å². The van der Waals surface area contributed by atoms with E-state index in [1.165, 1.54) is 44.6 Å². The van der Waals surface area contributed by atoms with Crippen LogP contribution in [-0.4, -0.2) is 13.1 Å². The Morgan fingerprint density at radius 3 is 2.15 bits per heavy atom. The molecule has 1 atom stereocenters. The predicted molar refractivity (Wildman–Crippen MR) is 118 cm³/mol. The lowest BCUT2D eigenvalue weighted by atomic mass is 9.94. The van der Waals surface area contributed by atoms with Crippen LogP contribution < -0.4 is 5.19 Å². The Morgan fingerprint density at radius 1 is 0.923 bits per heavy atom. The fourth-order valence-electron chi connectivity index (χ4n) is 3.74. The van der Waals surface area contributed by atoms with Crippen molar-refractivity contribution in [1.82, 2.24) is 4.98 Å². The van der Waals surface area contributed by atoms with E-state index in [2.05, 4.69) is 89.9 Å². The second-order valence-corrected chi connectivity index (χ2v) is 13.8. The lowest BCUT2D eigenvalue weighted by molar-refractivity contribution is 0.735. The summed E-state index contributed by atoms with van der Waals surface area (Å²) in [5, 5.41) is 4.17. The zero-order valence-electron chi connectivity index (χ0n) is 17.3. The number of pyridine rings is 1. The molecular formula is C24H31NSi. The minimum absolute atomic E-state index is 0.590. The van der Waals surface area contributed by atoms with Crippen LogP contribution in [-0.2, 0) is 0 Å². The van der Waals surface area contributed by atoms with Gasteiger partial charge < -0.3 is 0 Å². The van der Waals surface area contributed by atoms with Gasteiger partial charge in [0, 0.05) is 17.1 Å². The van der Waals surface area contributed by atoms with Crippen molar-refractivity contribution in [3.05, 3.63) is 59.3 Å². The van der Waals surface area contributed by atoms with Crippen LogP contribution in [0.5, 0.6) is 0 Å². The quantitative estimate of drug-likeness (QED) is 0.478. The summed E-state index contributed by atoms with van der Waals surface area (Å²) >= 11 is 0. The molecule has 1 aromatic heterocycles. The van der Waals surface area contributed by atoms with Crippen molar-refractivity contribution in [2.75, 3.05) is 0 Å². The van der Waals surface area contributed by atoms with Gasteiger partial charge in [0.2, 0.25) is 0 Å². The highest BCUT2D eigenvalue weighted by Crippen LogP contribution is 2.31. The maximum Gasteiger partial charge on any atom is 0.0804 e. The first kappa shape index (κ1) is 18.8. The minimum Gasteiger partial charge on any atom is -0.256 e. The molecule has 0 fully saturated rings. The third-order valence-electron chi connectivity index (χ3n) is 5.40. The molecular weight excluding hydrogens is 330 g/mol. The minimum atomic E-state index is -1.47. The van der Waals surface area contributed by atoms with Gasteiger partial charge in [0.1, 0.15) is 0 Å². The molecule has 0 aliphatic rings. The predicted octanol–water partition coefficient (Wildman–Crippen LogP) is 6.58. The van der Waals surface area contributed by atoms with Gasteiger partial charge >= 0.3 is 0 Å². The highest BCUT2D eigenvalue weighted by atomic mass is 28.3. The molecule has 0 saturated carbocycles. The van der Waals surface area contributed by atoms with Crippen molar-refractivity contribution in [2.45, 2.75) is 59.7 Å². The number of benzene rings is 2. The van der Waals surface area contributed by atoms with E-state index in [1.54, 1.807) is 0 Å². The average Bonchev–Trinajstić information content (AvgIpc) is 2.57. The summed E-state index contributed by atoms with van der Waals surface area (Å²) < 4.78 is 0. The molecule has 2 aromatic carbocycles. The van der Waals surface area contributed by atoms with E-state index in [0.29, 0.717) is 5.92 Å². The number of fused-ring (bicyclic) bond motifs is 1. The van der Waals surface area contributed by atoms with Crippen LogP contribution in [0.15, 0.2) is 42.6 Å². The molecule has 0 N–H and O–H groups in total. The van der Waals surface area contributed by atoms with Gasteiger partial charge in [-0.1, -0.05) is 68.9 Å². The fourth-order valence-corrected chi connectivity index (χ4v) is 5.21. The molecule has 0 saturated heterocycles. The van der Waals surface area contributed by atoms with Crippen molar-refractivity contribution in [1.29, 1.82) is 0 Å². The number of hydrogen-bond acceptors (Lipinski definition) is 1. The van der Waals surface area contributed by atoms with Gasteiger partial charge in [-0.25, -0.2) is 0 Å². The Balaban J connectivity index is 2.33. The average molecular weight is 362 g/mol. The first-order valence-corrected chi connectivity index (χ1v) is 13.2. The second-order valence-electron chi connectivity index (χ2n) is 8.76. The SMILES string of the molecule is CCC(C)c1ccc2c(-c3cc(C)cc(C)c3)ncc([Si](C)(C)C)c2c1. The molecule has 26 heavy (non-hydrogen) atoms. The van der Waals surface area contributed by atoms with E-state index >= 15 is 0 Å². The summed E-state index contributed by atoms with van der Waals surface area (Å²) in [6, 6.07) is 13.8. The molecule has 136 valence electrons. The van der Waals surface area contributed by atoms with Gasteiger partial charge in [-0.05, 0) is 54.5 Å². The van der Waals surface area contributed by atoms with Crippen LogP contribution in [0, 0.1) is 13.8 Å². The van der Waals surface area contributed by atoms with Crippen LogP contribution in [0.1, 0.15) is 42.9 Å².